The van der Waals surface area contributed by atoms with Gasteiger partial charge in [-0.2, -0.15) is 0 Å². The Morgan fingerprint density at radius 2 is 2.28 bits per heavy atom. The van der Waals surface area contributed by atoms with Crippen molar-refractivity contribution in [1.82, 2.24) is 10.3 Å². The summed E-state index contributed by atoms with van der Waals surface area (Å²) in [4.78, 5) is 4.10. The number of thioether (sulfide) groups is 1. The fourth-order valence-electron chi connectivity index (χ4n) is 1.72. The molecule has 5 heteroatoms. The van der Waals surface area contributed by atoms with E-state index in [9.17, 15) is 0 Å². The Bertz CT molecular complexity index is 474. The molecule has 1 N–H and O–H groups in total. The second kappa shape index (κ2) is 6.47. The third-order valence-corrected chi connectivity index (χ3v) is 3.59. The van der Waals surface area contributed by atoms with Gasteiger partial charge in [0.05, 0.1) is 13.3 Å². The van der Waals surface area contributed by atoms with Crippen LogP contribution in [0.5, 0.6) is 5.75 Å². The molecule has 0 bridgehead atoms. The highest BCUT2D eigenvalue weighted by Crippen LogP contribution is 2.29. The molecule has 1 unspecified atom stereocenters. The van der Waals surface area contributed by atoms with E-state index >= 15 is 0 Å². The molecule has 1 atom stereocenters. The monoisotopic (exact) mass is 264 g/mol. The van der Waals surface area contributed by atoms with Gasteiger partial charge in [0.25, 0.3) is 5.22 Å². The molecule has 4 nitrogen and oxygen atoms in total. The Kier molecular flexibility index (Phi) is 4.66. The van der Waals surface area contributed by atoms with E-state index in [1.165, 1.54) is 0 Å². The van der Waals surface area contributed by atoms with E-state index in [0.29, 0.717) is 5.22 Å². The second-order valence-electron chi connectivity index (χ2n) is 3.69. The minimum atomic E-state index is 0.193. The van der Waals surface area contributed by atoms with Gasteiger partial charge in [0, 0.05) is 17.4 Å². The Morgan fingerprint density at radius 3 is 2.94 bits per heavy atom. The lowest BCUT2D eigenvalue weighted by molar-refractivity contribution is 0.404. The largest absolute Gasteiger partial charge is 0.496 e. The van der Waals surface area contributed by atoms with E-state index in [0.717, 1.165) is 17.1 Å². The lowest BCUT2D eigenvalue weighted by Gasteiger charge is -2.18. The quantitative estimate of drug-likeness (QED) is 0.813. The van der Waals surface area contributed by atoms with E-state index < -0.39 is 0 Å². The number of oxazole rings is 1. The number of ether oxygens (including phenoxy) is 1. The van der Waals surface area contributed by atoms with E-state index in [1.54, 1.807) is 31.3 Å². The summed E-state index contributed by atoms with van der Waals surface area (Å²) in [5.41, 5.74) is 1.14. The number of para-hydroxylation sites is 1. The van der Waals surface area contributed by atoms with E-state index in [4.69, 9.17) is 9.15 Å². The molecule has 0 radical (unpaired) electrons. The molecule has 1 aromatic carbocycles. The van der Waals surface area contributed by atoms with Crippen LogP contribution >= 0.6 is 11.8 Å². The van der Waals surface area contributed by atoms with Crippen LogP contribution in [0.15, 0.2) is 46.4 Å². The van der Waals surface area contributed by atoms with Crippen LogP contribution in [-0.4, -0.2) is 24.9 Å². The molecule has 0 saturated carbocycles. The Hall–Kier alpha value is -1.46. The van der Waals surface area contributed by atoms with Crippen LogP contribution in [0.4, 0.5) is 0 Å². The van der Waals surface area contributed by atoms with Gasteiger partial charge in [-0.1, -0.05) is 30.0 Å². The van der Waals surface area contributed by atoms with Crippen LogP contribution in [0.3, 0.4) is 0 Å². The highest BCUT2D eigenvalue weighted by atomic mass is 32.2. The van der Waals surface area contributed by atoms with Gasteiger partial charge in [0.2, 0.25) is 0 Å². The van der Waals surface area contributed by atoms with Gasteiger partial charge in [-0.3, -0.25) is 0 Å². The first-order chi connectivity index (χ1) is 8.85. The van der Waals surface area contributed by atoms with Gasteiger partial charge in [0.1, 0.15) is 12.0 Å². The number of benzene rings is 1. The fourth-order valence-corrected chi connectivity index (χ4v) is 2.63. The molecule has 1 heterocycles. The Morgan fingerprint density at radius 1 is 1.44 bits per heavy atom. The van der Waals surface area contributed by atoms with Crippen molar-refractivity contribution in [3.8, 4) is 5.75 Å². The summed E-state index contributed by atoms with van der Waals surface area (Å²) in [6.07, 6.45) is 3.24. The molecule has 0 aliphatic carbocycles. The first-order valence-corrected chi connectivity index (χ1v) is 6.66. The van der Waals surface area contributed by atoms with E-state index in [-0.39, 0.29) is 6.04 Å². The van der Waals surface area contributed by atoms with Gasteiger partial charge in [-0.25, -0.2) is 4.98 Å². The second-order valence-corrected chi connectivity index (χ2v) is 4.66. The highest BCUT2D eigenvalue weighted by molar-refractivity contribution is 7.99. The molecule has 0 fully saturated rings. The zero-order valence-corrected chi connectivity index (χ0v) is 11.2. The average Bonchev–Trinajstić information content (AvgIpc) is 2.93. The van der Waals surface area contributed by atoms with Crippen LogP contribution in [0.1, 0.15) is 11.6 Å². The van der Waals surface area contributed by atoms with Gasteiger partial charge in [-0.05, 0) is 13.1 Å². The zero-order valence-electron chi connectivity index (χ0n) is 10.4. The molecular weight excluding hydrogens is 248 g/mol. The molecule has 0 saturated heterocycles. The molecular formula is C13H16N2O2S. The third-order valence-electron chi connectivity index (χ3n) is 2.65. The molecule has 0 aliphatic heterocycles. The first-order valence-electron chi connectivity index (χ1n) is 5.67. The van der Waals surface area contributed by atoms with Crippen molar-refractivity contribution in [3.05, 3.63) is 42.3 Å². The van der Waals surface area contributed by atoms with Gasteiger partial charge >= 0.3 is 0 Å². The summed E-state index contributed by atoms with van der Waals surface area (Å²) < 4.78 is 10.6. The normalized spacial score (nSPS) is 12.3. The molecule has 0 aliphatic rings. The lowest BCUT2D eigenvalue weighted by atomic mass is 10.1. The van der Waals surface area contributed by atoms with Crippen molar-refractivity contribution in [1.29, 1.82) is 0 Å². The van der Waals surface area contributed by atoms with Crippen molar-refractivity contribution in [3.63, 3.8) is 0 Å². The predicted octanol–water partition coefficient (Wildman–Crippen LogP) is 2.74. The summed E-state index contributed by atoms with van der Waals surface area (Å²) in [6.45, 7) is 0. The molecule has 1 aromatic heterocycles. The van der Waals surface area contributed by atoms with Crippen LogP contribution in [0.2, 0.25) is 0 Å². The SMILES string of the molecule is CNC(CSc1ncco1)c1ccccc1OC. The van der Waals surface area contributed by atoms with Crippen LogP contribution in [0, 0.1) is 0 Å². The van der Waals surface area contributed by atoms with Gasteiger partial charge in [-0.15, -0.1) is 0 Å². The summed E-state index contributed by atoms with van der Waals surface area (Å²) in [6, 6.07) is 8.21. The molecule has 0 amide bonds. The van der Waals surface area contributed by atoms with E-state index in [1.807, 2.05) is 25.2 Å². The van der Waals surface area contributed by atoms with E-state index in [2.05, 4.69) is 16.4 Å². The first kappa shape index (κ1) is 13.0. The zero-order chi connectivity index (χ0) is 12.8. The number of aromatic nitrogens is 1. The number of nitrogens with one attached hydrogen (secondary N) is 1. The maximum Gasteiger partial charge on any atom is 0.255 e. The predicted molar refractivity (Wildman–Crippen MR) is 72.0 cm³/mol. The topological polar surface area (TPSA) is 47.3 Å². The summed E-state index contributed by atoms with van der Waals surface area (Å²) in [5.74, 6) is 1.72. The molecule has 0 spiro atoms. The molecule has 96 valence electrons. The highest BCUT2D eigenvalue weighted by Gasteiger charge is 2.15. The number of rotatable bonds is 6. The average molecular weight is 264 g/mol. The number of hydrogen-bond donors (Lipinski definition) is 1. The minimum absolute atomic E-state index is 0.193. The van der Waals surface area contributed by atoms with Crippen molar-refractivity contribution >= 4 is 11.8 Å². The van der Waals surface area contributed by atoms with Crippen LogP contribution in [0.25, 0.3) is 0 Å². The molecule has 2 rings (SSSR count). The molecule has 2 aromatic rings. The summed E-state index contributed by atoms with van der Waals surface area (Å²) in [5, 5.41) is 3.97. The van der Waals surface area contributed by atoms with Gasteiger partial charge in [0.15, 0.2) is 0 Å². The van der Waals surface area contributed by atoms with Crippen LogP contribution < -0.4 is 10.1 Å². The fraction of sp³-hybridized carbons (Fsp3) is 0.308. The van der Waals surface area contributed by atoms with Crippen molar-refractivity contribution in [2.45, 2.75) is 11.3 Å². The number of methoxy groups -OCH3 is 1. The van der Waals surface area contributed by atoms with Crippen molar-refractivity contribution in [2.75, 3.05) is 19.9 Å². The van der Waals surface area contributed by atoms with Crippen LogP contribution in [-0.2, 0) is 0 Å². The molecule has 18 heavy (non-hydrogen) atoms. The lowest BCUT2D eigenvalue weighted by Crippen LogP contribution is -2.19. The van der Waals surface area contributed by atoms with Gasteiger partial charge < -0.3 is 14.5 Å². The Balaban J connectivity index is 2.08. The summed E-state index contributed by atoms with van der Waals surface area (Å²) >= 11 is 1.58. The van der Waals surface area contributed by atoms with Crippen molar-refractivity contribution < 1.29 is 9.15 Å². The summed E-state index contributed by atoms with van der Waals surface area (Å²) in [7, 11) is 3.63. The maximum atomic E-state index is 5.38. The number of hydrogen-bond acceptors (Lipinski definition) is 5. The minimum Gasteiger partial charge on any atom is -0.496 e. The third kappa shape index (κ3) is 3.05. The van der Waals surface area contributed by atoms with Crippen molar-refractivity contribution in [2.24, 2.45) is 0 Å². The Labute approximate surface area is 111 Å². The maximum absolute atomic E-state index is 5.38. The number of nitrogens with zero attached hydrogens (tertiary/aromatic N) is 1. The standard InChI is InChI=1S/C13H16N2O2S/c1-14-11(9-18-13-15-7-8-17-13)10-5-3-4-6-12(10)16-2/h3-8,11,14H,9H2,1-2H3. The smallest absolute Gasteiger partial charge is 0.255 e.